The highest BCUT2D eigenvalue weighted by molar-refractivity contribution is 7.80. The fourth-order valence-corrected chi connectivity index (χ4v) is 4.37. The van der Waals surface area contributed by atoms with Crippen LogP contribution in [0.15, 0.2) is 24.3 Å². The number of benzene rings is 1. The van der Waals surface area contributed by atoms with Gasteiger partial charge in [-0.25, -0.2) is 4.98 Å². The molecule has 0 unspecified atom stereocenters. The molecule has 2 aromatic rings. The maximum Gasteiger partial charge on any atom is 0.169 e. The lowest BCUT2D eigenvalue weighted by Gasteiger charge is -2.33. The molecule has 1 aromatic carbocycles. The summed E-state index contributed by atoms with van der Waals surface area (Å²) < 4.78 is 1.31. The number of nitrogens with one attached hydrogen (secondary N) is 1. The summed E-state index contributed by atoms with van der Waals surface area (Å²) in [7, 11) is 0. The van der Waals surface area contributed by atoms with Gasteiger partial charge in [0.2, 0.25) is 0 Å². The van der Waals surface area contributed by atoms with Crippen LogP contribution in [0.1, 0.15) is 36.6 Å². The molecule has 2 aliphatic rings. The Kier molecular flexibility index (Phi) is 3.55. The highest BCUT2D eigenvalue weighted by Crippen LogP contribution is 2.33. The van der Waals surface area contributed by atoms with E-state index in [1.807, 2.05) is 11.3 Å². The van der Waals surface area contributed by atoms with Crippen LogP contribution in [0, 0.1) is 0 Å². The van der Waals surface area contributed by atoms with E-state index in [4.69, 9.17) is 17.2 Å². The molecule has 1 aromatic heterocycles. The number of thiazole rings is 1. The maximum atomic E-state index is 5.50. The minimum absolute atomic E-state index is 0.599. The molecule has 1 saturated heterocycles. The lowest BCUT2D eigenvalue weighted by atomic mass is 9.98. The van der Waals surface area contributed by atoms with Crippen LogP contribution in [0.5, 0.6) is 0 Å². The van der Waals surface area contributed by atoms with Gasteiger partial charge in [0.1, 0.15) is 0 Å². The summed E-state index contributed by atoms with van der Waals surface area (Å²) in [5.41, 5.74) is 1.14. The molecule has 4 rings (SSSR count). The molecule has 3 nitrogen and oxygen atoms in total. The number of nitrogens with zero attached hydrogens (tertiary/aromatic N) is 2. The molecule has 21 heavy (non-hydrogen) atoms. The van der Waals surface area contributed by atoms with Crippen molar-refractivity contribution in [3.8, 4) is 0 Å². The predicted molar refractivity (Wildman–Crippen MR) is 91.9 cm³/mol. The van der Waals surface area contributed by atoms with Crippen molar-refractivity contribution >= 4 is 38.9 Å². The molecule has 0 amide bonds. The molecule has 1 aliphatic carbocycles. The Balaban J connectivity index is 1.41. The van der Waals surface area contributed by atoms with E-state index in [2.05, 4.69) is 34.5 Å². The Morgan fingerprint density at radius 3 is 2.67 bits per heavy atom. The summed E-state index contributed by atoms with van der Waals surface area (Å²) in [6, 6.07) is 9.09. The van der Waals surface area contributed by atoms with Gasteiger partial charge in [0.25, 0.3) is 0 Å². The first kappa shape index (κ1) is 13.5. The smallest absolute Gasteiger partial charge is 0.169 e. The van der Waals surface area contributed by atoms with Crippen molar-refractivity contribution in [1.29, 1.82) is 0 Å². The number of hydrogen-bond acceptors (Lipinski definition) is 3. The third-order valence-corrected chi connectivity index (χ3v) is 5.92. The number of hydrogen-bond donors (Lipinski definition) is 1. The highest BCUT2D eigenvalue weighted by atomic mass is 32.1. The second-order valence-corrected chi connectivity index (χ2v) is 7.45. The Bertz CT molecular complexity index is 621. The maximum absolute atomic E-state index is 5.50. The largest absolute Gasteiger partial charge is 0.360 e. The second-order valence-electron chi connectivity index (χ2n) is 6.00. The SMILES string of the molecule is S=C(NC1CC1)N1CCC(c2nc3ccccc3s2)CC1. The van der Waals surface area contributed by atoms with E-state index in [9.17, 15) is 0 Å². The van der Waals surface area contributed by atoms with Crippen molar-refractivity contribution in [3.63, 3.8) is 0 Å². The van der Waals surface area contributed by atoms with Crippen LogP contribution in [0.2, 0.25) is 0 Å². The molecule has 2 fully saturated rings. The van der Waals surface area contributed by atoms with Gasteiger partial charge in [-0.2, -0.15) is 0 Å². The quantitative estimate of drug-likeness (QED) is 0.858. The van der Waals surface area contributed by atoms with Crippen LogP contribution < -0.4 is 5.32 Å². The third-order valence-electron chi connectivity index (χ3n) is 4.35. The molecule has 1 aliphatic heterocycles. The summed E-state index contributed by atoms with van der Waals surface area (Å²) in [6.07, 6.45) is 4.88. The minimum atomic E-state index is 0.599. The molecule has 1 N–H and O–H groups in total. The van der Waals surface area contributed by atoms with Gasteiger partial charge in [-0.15, -0.1) is 11.3 Å². The molecule has 5 heteroatoms. The third kappa shape index (κ3) is 2.90. The zero-order valence-electron chi connectivity index (χ0n) is 11.9. The molecule has 0 radical (unpaired) electrons. The van der Waals surface area contributed by atoms with Crippen LogP contribution in [0.3, 0.4) is 0 Å². The molecule has 110 valence electrons. The summed E-state index contributed by atoms with van der Waals surface area (Å²) >= 11 is 7.36. The van der Waals surface area contributed by atoms with Crippen molar-refractivity contribution in [3.05, 3.63) is 29.3 Å². The van der Waals surface area contributed by atoms with E-state index in [0.29, 0.717) is 12.0 Å². The van der Waals surface area contributed by atoms with Crippen LogP contribution in [-0.4, -0.2) is 34.1 Å². The first-order valence-electron chi connectivity index (χ1n) is 7.70. The van der Waals surface area contributed by atoms with Crippen molar-refractivity contribution in [1.82, 2.24) is 15.2 Å². The monoisotopic (exact) mass is 317 g/mol. The number of piperidine rings is 1. The predicted octanol–water partition coefficient (Wildman–Crippen LogP) is 3.51. The van der Waals surface area contributed by atoms with Crippen LogP contribution in [0.4, 0.5) is 0 Å². The summed E-state index contributed by atoms with van der Waals surface area (Å²) in [4.78, 5) is 7.15. The number of thiocarbonyl (C=S) groups is 1. The summed E-state index contributed by atoms with van der Waals surface area (Å²) in [5, 5.41) is 5.71. The van der Waals surface area contributed by atoms with Gasteiger partial charge in [-0.3, -0.25) is 0 Å². The Morgan fingerprint density at radius 2 is 1.95 bits per heavy atom. The van der Waals surface area contributed by atoms with E-state index in [0.717, 1.165) is 36.6 Å². The van der Waals surface area contributed by atoms with Crippen molar-refractivity contribution in [2.45, 2.75) is 37.6 Å². The Labute approximate surface area is 134 Å². The zero-order chi connectivity index (χ0) is 14.2. The topological polar surface area (TPSA) is 28.2 Å². The number of aromatic nitrogens is 1. The average Bonchev–Trinajstić information content (AvgIpc) is 3.22. The first-order valence-corrected chi connectivity index (χ1v) is 8.93. The van der Waals surface area contributed by atoms with E-state index in [-0.39, 0.29) is 0 Å². The van der Waals surface area contributed by atoms with Gasteiger partial charge >= 0.3 is 0 Å². The van der Waals surface area contributed by atoms with Gasteiger partial charge in [0.15, 0.2) is 5.11 Å². The number of para-hydroxylation sites is 1. The van der Waals surface area contributed by atoms with E-state index in [1.165, 1.54) is 22.5 Å². The van der Waals surface area contributed by atoms with Gasteiger partial charge in [-0.05, 0) is 50.0 Å². The van der Waals surface area contributed by atoms with Crippen molar-refractivity contribution in [2.75, 3.05) is 13.1 Å². The minimum Gasteiger partial charge on any atom is -0.360 e. The summed E-state index contributed by atoms with van der Waals surface area (Å²) in [5.74, 6) is 0.599. The fraction of sp³-hybridized carbons (Fsp3) is 0.500. The van der Waals surface area contributed by atoms with Crippen LogP contribution in [0.25, 0.3) is 10.2 Å². The number of fused-ring (bicyclic) bond motifs is 1. The standard InChI is InChI=1S/C16H19N3S2/c20-16(17-12-5-6-12)19-9-7-11(8-10-19)15-18-13-3-1-2-4-14(13)21-15/h1-4,11-12H,5-10H2,(H,17,20). The molecule has 0 spiro atoms. The molecular weight excluding hydrogens is 298 g/mol. The fourth-order valence-electron chi connectivity index (χ4n) is 2.89. The number of likely N-dealkylation sites (tertiary alicyclic amines) is 1. The first-order chi connectivity index (χ1) is 10.3. The molecule has 2 heterocycles. The van der Waals surface area contributed by atoms with Gasteiger partial charge < -0.3 is 10.2 Å². The Morgan fingerprint density at radius 1 is 1.19 bits per heavy atom. The summed E-state index contributed by atoms with van der Waals surface area (Å²) in [6.45, 7) is 2.11. The van der Waals surface area contributed by atoms with Crippen LogP contribution >= 0.6 is 23.6 Å². The lowest BCUT2D eigenvalue weighted by Crippen LogP contribution is -2.44. The van der Waals surface area contributed by atoms with E-state index < -0.39 is 0 Å². The number of rotatable bonds is 2. The van der Waals surface area contributed by atoms with Gasteiger partial charge in [-0.1, -0.05) is 12.1 Å². The van der Waals surface area contributed by atoms with Crippen molar-refractivity contribution in [2.24, 2.45) is 0 Å². The van der Waals surface area contributed by atoms with Crippen LogP contribution in [-0.2, 0) is 0 Å². The van der Waals surface area contributed by atoms with Gasteiger partial charge in [0, 0.05) is 25.0 Å². The second kappa shape index (κ2) is 5.54. The van der Waals surface area contributed by atoms with E-state index in [1.54, 1.807) is 0 Å². The van der Waals surface area contributed by atoms with E-state index >= 15 is 0 Å². The normalized spacial score (nSPS) is 19.9. The van der Waals surface area contributed by atoms with Crippen molar-refractivity contribution < 1.29 is 0 Å². The highest BCUT2D eigenvalue weighted by Gasteiger charge is 2.27. The molecule has 0 bridgehead atoms. The lowest BCUT2D eigenvalue weighted by molar-refractivity contribution is 0.309. The molecule has 1 saturated carbocycles. The molecular formula is C16H19N3S2. The van der Waals surface area contributed by atoms with Gasteiger partial charge in [0.05, 0.1) is 15.2 Å². The molecule has 0 atom stereocenters. The average molecular weight is 317 g/mol. The zero-order valence-corrected chi connectivity index (χ0v) is 13.6. The Hall–Kier alpha value is -1.20.